The number of carbonyl (C=O) groups is 3. The van der Waals surface area contributed by atoms with Crippen molar-refractivity contribution in [2.75, 3.05) is 31.1 Å². The largest absolute Gasteiger partial charge is 0.351 e. The van der Waals surface area contributed by atoms with Gasteiger partial charge in [-0.2, -0.15) is 5.10 Å². The first kappa shape index (κ1) is 22.7. The lowest BCUT2D eigenvalue weighted by atomic mass is 9.79. The zero-order valence-corrected chi connectivity index (χ0v) is 19.7. The summed E-state index contributed by atoms with van der Waals surface area (Å²) in [6.07, 6.45) is 0. The minimum atomic E-state index is -1.13. The highest BCUT2D eigenvalue weighted by Crippen LogP contribution is 2.33. The summed E-state index contributed by atoms with van der Waals surface area (Å²) in [7, 11) is 0. The van der Waals surface area contributed by atoms with Crippen molar-refractivity contribution < 1.29 is 14.4 Å². The molecule has 9 heteroatoms. The fourth-order valence-electron chi connectivity index (χ4n) is 4.60. The number of anilines is 1. The summed E-state index contributed by atoms with van der Waals surface area (Å²) in [5.74, 6) is 0.297. The molecule has 2 aliphatic rings. The van der Waals surface area contributed by atoms with Crippen LogP contribution in [-0.4, -0.2) is 59.1 Å². The Hall–Kier alpha value is -3.49. The highest BCUT2D eigenvalue weighted by atomic mass is 16.2. The molecule has 0 spiro atoms. The number of benzene rings is 1. The third-order valence-corrected chi connectivity index (χ3v) is 6.95. The van der Waals surface area contributed by atoms with Gasteiger partial charge in [-0.05, 0) is 55.5 Å². The molecule has 174 valence electrons. The maximum atomic E-state index is 13.1. The number of hydrogen-bond acceptors (Lipinski definition) is 6. The molecule has 2 aromatic rings. The molecule has 4 amide bonds. The van der Waals surface area contributed by atoms with Gasteiger partial charge in [0.25, 0.3) is 11.8 Å². The highest BCUT2D eigenvalue weighted by Gasteiger charge is 2.50. The molecule has 1 unspecified atom stereocenters. The fourth-order valence-corrected chi connectivity index (χ4v) is 4.60. The molecule has 33 heavy (non-hydrogen) atoms. The van der Waals surface area contributed by atoms with Crippen molar-refractivity contribution in [1.82, 2.24) is 25.7 Å². The lowest BCUT2D eigenvalue weighted by molar-refractivity contribution is -0.125. The van der Waals surface area contributed by atoms with Crippen LogP contribution in [0, 0.1) is 26.7 Å². The Labute approximate surface area is 193 Å². The first-order valence-corrected chi connectivity index (χ1v) is 11.2. The molecule has 2 aliphatic heterocycles. The maximum absolute atomic E-state index is 13.1. The van der Waals surface area contributed by atoms with Gasteiger partial charge in [-0.15, -0.1) is 5.10 Å². The second-order valence-electron chi connectivity index (χ2n) is 9.09. The normalized spacial score (nSPS) is 20.8. The van der Waals surface area contributed by atoms with Gasteiger partial charge in [-0.3, -0.25) is 14.9 Å². The second-order valence-corrected chi connectivity index (χ2v) is 9.09. The van der Waals surface area contributed by atoms with Gasteiger partial charge < -0.3 is 15.1 Å². The van der Waals surface area contributed by atoms with E-state index in [0.717, 1.165) is 22.6 Å². The Balaban J connectivity index is 1.46. The van der Waals surface area contributed by atoms with Gasteiger partial charge in [-0.25, -0.2) is 4.79 Å². The molecule has 0 radical (unpaired) electrons. The van der Waals surface area contributed by atoms with E-state index >= 15 is 0 Å². The molecular formula is C24H30N6O3. The number of carbonyl (C=O) groups excluding carboxylic acids is 3. The number of nitrogens with one attached hydrogen (secondary N) is 2. The van der Waals surface area contributed by atoms with E-state index in [2.05, 4.69) is 39.6 Å². The van der Waals surface area contributed by atoms with Crippen molar-refractivity contribution in [2.45, 2.75) is 40.2 Å². The van der Waals surface area contributed by atoms with Gasteiger partial charge in [0.1, 0.15) is 5.54 Å². The number of rotatable bonds is 4. The Morgan fingerprint density at radius 3 is 2.15 bits per heavy atom. The van der Waals surface area contributed by atoms with Crippen LogP contribution in [0.3, 0.4) is 0 Å². The molecule has 3 heterocycles. The van der Waals surface area contributed by atoms with Crippen molar-refractivity contribution in [1.29, 1.82) is 0 Å². The van der Waals surface area contributed by atoms with E-state index in [0.29, 0.717) is 37.3 Å². The average molecular weight is 451 g/mol. The van der Waals surface area contributed by atoms with Crippen LogP contribution in [0.2, 0.25) is 0 Å². The molecule has 2 N–H and O–H groups in total. The van der Waals surface area contributed by atoms with Crippen molar-refractivity contribution in [3.8, 4) is 0 Å². The number of imide groups is 1. The first-order chi connectivity index (χ1) is 15.6. The lowest BCUT2D eigenvalue weighted by Gasteiger charge is -2.36. The Bertz CT molecular complexity index is 1110. The van der Waals surface area contributed by atoms with E-state index in [1.807, 2.05) is 25.7 Å². The average Bonchev–Trinajstić information content (AvgIpc) is 3.12. The van der Waals surface area contributed by atoms with Gasteiger partial charge in [0.2, 0.25) is 0 Å². The summed E-state index contributed by atoms with van der Waals surface area (Å²) < 4.78 is 0. The van der Waals surface area contributed by atoms with Gasteiger partial charge in [0, 0.05) is 31.7 Å². The van der Waals surface area contributed by atoms with Crippen LogP contribution < -0.4 is 15.5 Å². The van der Waals surface area contributed by atoms with E-state index in [1.165, 1.54) is 0 Å². The molecule has 4 rings (SSSR count). The Morgan fingerprint density at radius 1 is 0.970 bits per heavy atom. The molecule has 0 aliphatic carbocycles. The molecule has 0 bridgehead atoms. The minimum absolute atomic E-state index is 0.0531. The number of piperazine rings is 1. The minimum Gasteiger partial charge on any atom is -0.351 e. The van der Waals surface area contributed by atoms with Gasteiger partial charge in [0.15, 0.2) is 5.82 Å². The van der Waals surface area contributed by atoms with Crippen LogP contribution in [0.15, 0.2) is 24.3 Å². The molecule has 1 aromatic carbocycles. The number of urea groups is 1. The van der Waals surface area contributed by atoms with Gasteiger partial charge in [0.05, 0.1) is 5.69 Å². The monoisotopic (exact) mass is 450 g/mol. The number of aromatic nitrogens is 2. The maximum Gasteiger partial charge on any atom is 0.322 e. The van der Waals surface area contributed by atoms with Gasteiger partial charge in [-0.1, -0.05) is 26.0 Å². The lowest BCUT2D eigenvalue weighted by Crippen LogP contribution is -2.49. The van der Waals surface area contributed by atoms with Crippen LogP contribution in [-0.2, 0) is 10.3 Å². The number of amides is 4. The first-order valence-electron chi connectivity index (χ1n) is 11.2. The van der Waals surface area contributed by atoms with Crippen LogP contribution >= 0.6 is 0 Å². The van der Waals surface area contributed by atoms with E-state index in [1.54, 1.807) is 24.3 Å². The van der Waals surface area contributed by atoms with Crippen molar-refractivity contribution in [2.24, 2.45) is 5.92 Å². The summed E-state index contributed by atoms with van der Waals surface area (Å²) in [6, 6.07) is 6.46. The van der Waals surface area contributed by atoms with Crippen LogP contribution in [0.1, 0.15) is 46.6 Å². The molecule has 1 atom stereocenters. The highest BCUT2D eigenvalue weighted by molar-refractivity contribution is 6.07. The molecular weight excluding hydrogens is 420 g/mol. The summed E-state index contributed by atoms with van der Waals surface area (Å²) in [4.78, 5) is 41.4. The van der Waals surface area contributed by atoms with E-state index in [-0.39, 0.29) is 17.7 Å². The van der Waals surface area contributed by atoms with E-state index in [4.69, 9.17) is 0 Å². The summed E-state index contributed by atoms with van der Waals surface area (Å²) in [5, 5.41) is 13.7. The van der Waals surface area contributed by atoms with Crippen LogP contribution in [0.25, 0.3) is 0 Å². The van der Waals surface area contributed by atoms with Crippen LogP contribution in [0.4, 0.5) is 10.6 Å². The second kappa shape index (κ2) is 8.46. The predicted molar refractivity (Wildman–Crippen MR) is 124 cm³/mol. The van der Waals surface area contributed by atoms with Crippen molar-refractivity contribution in [3.05, 3.63) is 52.2 Å². The summed E-state index contributed by atoms with van der Waals surface area (Å²) >= 11 is 0. The van der Waals surface area contributed by atoms with E-state index < -0.39 is 11.6 Å². The quantitative estimate of drug-likeness (QED) is 0.691. The summed E-state index contributed by atoms with van der Waals surface area (Å²) in [5.41, 5.74) is 3.28. The number of nitrogens with zero attached hydrogens (tertiary/aromatic N) is 4. The third kappa shape index (κ3) is 3.81. The van der Waals surface area contributed by atoms with Crippen LogP contribution in [0.5, 0.6) is 0 Å². The molecule has 9 nitrogen and oxygen atoms in total. The SMILES string of the molecule is Cc1nnc(N2CCN(C(=O)c3ccc(C4(C(C)C)NC(=O)NC4=O)cc3)CC2)c(C)c1C. The zero-order valence-electron chi connectivity index (χ0n) is 19.7. The molecule has 0 saturated carbocycles. The molecule has 2 saturated heterocycles. The fraction of sp³-hybridized carbons (Fsp3) is 0.458. The van der Waals surface area contributed by atoms with Crippen molar-refractivity contribution in [3.63, 3.8) is 0 Å². The van der Waals surface area contributed by atoms with Crippen molar-refractivity contribution >= 4 is 23.7 Å². The number of hydrogen-bond donors (Lipinski definition) is 2. The van der Waals surface area contributed by atoms with Gasteiger partial charge >= 0.3 is 6.03 Å². The topological polar surface area (TPSA) is 108 Å². The predicted octanol–water partition coefficient (Wildman–Crippen LogP) is 2.05. The standard InChI is InChI=1S/C24H30N6O3/c1-14(2)24(22(32)25-23(33)26-24)19-8-6-18(7-9-19)21(31)30-12-10-29(11-13-30)20-16(4)15(3)17(5)27-28-20/h6-9,14H,10-13H2,1-5H3,(H2,25,26,32,33). The van der Waals surface area contributed by atoms with E-state index in [9.17, 15) is 14.4 Å². The molecule has 1 aromatic heterocycles. The Kier molecular flexibility index (Phi) is 5.82. The molecule has 2 fully saturated rings. The number of aryl methyl sites for hydroxylation is 1. The Morgan fingerprint density at radius 2 is 1.61 bits per heavy atom. The zero-order chi connectivity index (χ0) is 23.9. The third-order valence-electron chi connectivity index (χ3n) is 6.95. The smallest absolute Gasteiger partial charge is 0.322 e. The summed E-state index contributed by atoms with van der Waals surface area (Å²) in [6.45, 7) is 12.4.